The smallest absolute Gasteiger partial charge is 0.307 e. The van der Waals surface area contributed by atoms with Gasteiger partial charge in [-0.1, -0.05) is 24.3 Å². The molecule has 0 bridgehead atoms. The molecule has 0 aromatic heterocycles. The topological polar surface area (TPSA) is 49.3 Å². The fraction of sp³-hybridized carbons (Fsp3) is 0.500. The monoisotopic (exact) mass is 267 g/mol. The van der Waals surface area contributed by atoms with Crippen LogP contribution in [0.15, 0.2) is 24.3 Å². The summed E-state index contributed by atoms with van der Waals surface area (Å²) in [5.41, 5.74) is 2.02. The van der Waals surface area contributed by atoms with Crippen molar-refractivity contribution in [3.05, 3.63) is 35.4 Å². The molecule has 0 aliphatic carbocycles. The highest BCUT2D eigenvalue weighted by molar-refractivity contribution is 7.99. The van der Waals surface area contributed by atoms with E-state index in [-0.39, 0.29) is 11.2 Å². The molecule has 4 heteroatoms. The molecule has 1 aromatic carbocycles. The molecule has 0 atom stereocenters. The average molecular weight is 267 g/mol. The molecule has 0 heterocycles. The zero-order valence-electron chi connectivity index (χ0n) is 11.2. The Morgan fingerprint density at radius 2 is 1.83 bits per heavy atom. The van der Waals surface area contributed by atoms with Gasteiger partial charge in [0, 0.05) is 17.8 Å². The van der Waals surface area contributed by atoms with Gasteiger partial charge in [-0.05, 0) is 31.2 Å². The summed E-state index contributed by atoms with van der Waals surface area (Å²) in [5.74, 6) is -0.789. The van der Waals surface area contributed by atoms with Crippen LogP contribution in [0.1, 0.15) is 25.0 Å². The maximum atomic E-state index is 10.6. The molecule has 3 nitrogen and oxygen atoms in total. The Hall–Kier alpha value is -1.00. The lowest BCUT2D eigenvalue weighted by atomic mass is 10.1. The summed E-state index contributed by atoms with van der Waals surface area (Å²) < 4.78 is 0.239. The SMILES string of the molecule is CSC(C)(C)CNCc1ccc(CC(=O)O)cc1. The summed E-state index contributed by atoms with van der Waals surface area (Å²) >= 11 is 1.84. The minimum atomic E-state index is -0.789. The molecule has 0 unspecified atom stereocenters. The number of carboxylic acids is 1. The maximum absolute atomic E-state index is 10.6. The van der Waals surface area contributed by atoms with E-state index in [0.717, 1.165) is 18.7 Å². The van der Waals surface area contributed by atoms with Crippen LogP contribution in [0.2, 0.25) is 0 Å². The van der Waals surface area contributed by atoms with Gasteiger partial charge in [0.25, 0.3) is 0 Å². The Morgan fingerprint density at radius 1 is 1.28 bits per heavy atom. The number of rotatable bonds is 7. The third-order valence-electron chi connectivity index (χ3n) is 2.81. The second-order valence-corrected chi connectivity index (χ2v) is 6.47. The number of thioether (sulfide) groups is 1. The molecule has 0 amide bonds. The molecule has 0 aliphatic rings. The first-order valence-corrected chi connectivity index (χ1v) is 7.21. The van der Waals surface area contributed by atoms with Gasteiger partial charge < -0.3 is 10.4 Å². The third kappa shape index (κ3) is 5.56. The van der Waals surface area contributed by atoms with E-state index < -0.39 is 5.97 Å². The van der Waals surface area contributed by atoms with Gasteiger partial charge >= 0.3 is 5.97 Å². The van der Waals surface area contributed by atoms with Crippen molar-refractivity contribution in [2.24, 2.45) is 0 Å². The van der Waals surface area contributed by atoms with Crippen molar-refractivity contribution in [2.75, 3.05) is 12.8 Å². The highest BCUT2D eigenvalue weighted by Crippen LogP contribution is 2.19. The van der Waals surface area contributed by atoms with Crippen LogP contribution in [-0.2, 0) is 17.8 Å². The summed E-state index contributed by atoms with van der Waals surface area (Å²) in [6.45, 7) is 6.18. The van der Waals surface area contributed by atoms with Gasteiger partial charge in [-0.25, -0.2) is 0 Å². The van der Waals surface area contributed by atoms with Crippen molar-refractivity contribution in [2.45, 2.75) is 31.6 Å². The van der Waals surface area contributed by atoms with Crippen LogP contribution in [0.25, 0.3) is 0 Å². The van der Waals surface area contributed by atoms with E-state index >= 15 is 0 Å². The number of hydrogen-bond donors (Lipinski definition) is 2. The zero-order valence-corrected chi connectivity index (χ0v) is 12.0. The van der Waals surface area contributed by atoms with Crippen molar-refractivity contribution in [1.29, 1.82) is 0 Å². The quantitative estimate of drug-likeness (QED) is 0.797. The molecule has 2 N–H and O–H groups in total. The standard InChI is InChI=1S/C14H21NO2S/c1-14(2,18-3)10-15-9-12-6-4-11(5-7-12)8-13(16)17/h4-7,15H,8-10H2,1-3H3,(H,16,17). The van der Waals surface area contributed by atoms with Gasteiger partial charge in [-0.3, -0.25) is 4.79 Å². The van der Waals surface area contributed by atoms with Gasteiger partial charge in [-0.2, -0.15) is 11.8 Å². The molecular formula is C14H21NO2S. The molecule has 0 saturated heterocycles. The van der Waals surface area contributed by atoms with Gasteiger partial charge in [0.15, 0.2) is 0 Å². The fourth-order valence-corrected chi connectivity index (χ4v) is 1.78. The minimum Gasteiger partial charge on any atom is -0.481 e. The van der Waals surface area contributed by atoms with E-state index in [0.29, 0.717) is 0 Å². The lowest BCUT2D eigenvalue weighted by Gasteiger charge is -2.22. The van der Waals surface area contributed by atoms with Crippen LogP contribution >= 0.6 is 11.8 Å². The first-order chi connectivity index (χ1) is 8.43. The Balaban J connectivity index is 2.42. The molecule has 18 heavy (non-hydrogen) atoms. The van der Waals surface area contributed by atoms with E-state index in [2.05, 4.69) is 25.4 Å². The van der Waals surface area contributed by atoms with Gasteiger partial charge in [-0.15, -0.1) is 0 Å². The molecule has 1 rings (SSSR count). The van der Waals surface area contributed by atoms with E-state index in [9.17, 15) is 4.79 Å². The van der Waals surface area contributed by atoms with Crippen molar-refractivity contribution >= 4 is 17.7 Å². The van der Waals surface area contributed by atoms with E-state index in [4.69, 9.17) is 5.11 Å². The maximum Gasteiger partial charge on any atom is 0.307 e. The molecule has 0 spiro atoms. The third-order valence-corrected chi connectivity index (χ3v) is 4.06. The number of carbonyl (C=O) groups is 1. The first-order valence-electron chi connectivity index (χ1n) is 5.98. The normalized spacial score (nSPS) is 11.5. The van der Waals surface area contributed by atoms with E-state index in [1.165, 1.54) is 5.56 Å². The second kappa shape index (κ2) is 6.81. The summed E-state index contributed by atoms with van der Waals surface area (Å²) in [5, 5.41) is 12.1. The summed E-state index contributed by atoms with van der Waals surface area (Å²) in [7, 11) is 0. The van der Waals surface area contributed by atoms with Gasteiger partial charge in [0.05, 0.1) is 6.42 Å². The Kier molecular flexibility index (Phi) is 5.69. The molecular weight excluding hydrogens is 246 g/mol. The predicted molar refractivity (Wildman–Crippen MR) is 77.1 cm³/mol. The van der Waals surface area contributed by atoms with Crippen molar-refractivity contribution in [3.63, 3.8) is 0 Å². The van der Waals surface area contributed by atoms with Gasteiger partial charge in [0.1, 0.15) is 0 Å². The number of hydrogen-bond acceptors (Lipinski definition) is 3. The van der Waals surface area contributed by atoms with Crippen molar-refractivity contribution in [1.82, 2.24) is 5.32 Å². The molecule has 100 valence electrons. The number of nitrogens with one attached hydrogen (secondary N) is 1. The summed E-state index contributed by atoms with van der Waals surface area (Å²) in [4.78, 5) is 10.6. The number of carboxylic acid groups (broad SMARTS) is 1. The molecule has 0 fully saturated rings. The minimum absolute atomic E-state index is 0.0905. The highest BCUT2D eigenvalue weighted by atomic mass is 32.2. The first kappa shape index (κ1) is 15.1. The van der Waals surface area contributed by atoms with Crippen LogP contribution < -0.4 is 5.32 Å². The summed E-state index contributed by atoms with van der Waals surface area (Å²) in [6, 6.07) is 7.73. The van der Waals surface area contributed by atoms with E-state index in [1.807, 2.05) is 36.0 Å². The second-order valence-electron chi connectivity index (χ2n) is 4.95. The van der Waals surface area contributed by atoms with Crippen molar-refractivity contribution < 1.29 is 9.90 Å². The molecule has 1 aromatic rings. The Morgan fingerprint density at radius 3 is 2.33 bits per heavy atom. The van der Waals surface area contributed by atoms with Crippen LogP contribution in [-0.4, -0.2) is 28.6 Å². The van der Waals surface area contributed by atoms with E-state index in [1.54, 1.807) is 0 Å². The number of benzene rings is 1. The molecule has 0 radical (unpaired) electrons. The fourth-order valence-electron chi connectivity index (χ4n) is 1.53. The summed E-state index contributed by atoms with van der Waals surface area (Å²) in [6.07, 6.45) is 2.20. The predicted octanol–water partition coefficient (Wildman–Crippen LogP) is 2.54. The highest BCUT2D eigenvalue weighted by Gasteiger charge is 2.14. The number of aliphatic carboxylic acids is 1. The lowest BCUT2D eigenvalue weighted by Crippen LogP contribution is -2.31. The molecule has 0 aliphatic heterocycles. The Labute approximate surface area is 113 Å². The lowest BCUT2D eigenvalue weighted by molar-refractivity contribution is -0.136. The van der Waals surface area contributed by atoms with Crippen LogP contribution in [0.3, 0.4) is 0 Å². The van der Waals surface area contributed by atoms with Crippen molar-refractivity contribution in [3.8, 4) is 0 Å². The van der Waals surface area contributed by atoms with Crippen LogP contribution in [0.5, 0.6) is 0 Å². The largest absolute Gasteiger partial charge is 0.481 e. The molecule has 0 saturated carbocycles. The van der Waals surface area contributed by atoms with Crippen LogP contribution in [0.4, 0.5) is 0 Å². The van der Waals surface area contributed by atoms with Gasteiger partial charge in [0.2, 0.25) is 0 Å². The zero-order chi connectivity index (χ0) is 13.6. The average Bonchev–Trinajstić information content (AvgIpc) is 2.30. The van der Waals surface area contributed by atoms with Crippen LogP contribution in [0, 0.1) is 0 Å². The Bertz CT molecular complexity index is 387.